The lowest BCUT2D eigenvalue weighted by molar-refractivity contribution is 0.263. The SMILES string of the molecule is O=c1c2nc3c(=O)n(OS(=O)(=O)c4ccccc4)c(=O)c3nc2c(=O)n1OS(=O)(=O)c1ccccc1. The molecule has 0 aliphatic heterocycles. The Hall–Kier alpha value is -4.70. The zero-order chi connectivity index (χ0) is 25.8. The quantitative estimate of drug-likeness (QED) is 0.243. The lowest BCUT2D eigenvalue weighted by Gasteiger charge is -2.04. The minimum absolute atomic E-state index is 0.120. The molecule has 0 saturated heterocycles. The number of rotatable bonds is 6. The summed E-state index contributed by atoms with van der Waals surface area (Å²) in [5, 5.41) is 0. The fourth-order valence-corrected chi connectivity index (χ4v) is 5.01. The Morgan fingerprint density at radius 3 is 1.06 bits per heavy atom. The fourth-order valence-electron chi connectivity index (χ4n) is 3.19. The number of aromatic nitrogens is 4. The van der Waals surface area contributed by atoms with Crippen LogP contribution in [0.25, 0.3) is 22.1 Å². The third kappa shape index (κ3) is 3.55. The third-order valence-electron chi connectivity index (χ3n) is 4.85. The normalized spacial score (nSPS) is 12.2. The van der Waals surface area contributed by atoms with Gasteiger partial charge in [0, 0.05) is 0 Å². The topological polar surface area (TPSA) is 191 Å². The van der Waals surface area contributed by atoms with Crippen LogP contribution >= 0.6 is 0 Å². The third-order valence-corrected chi connectivity index (χ3v) is 7.24. The van der Waals surface area contributed by atoms with Gasteiger partial charge in [-0.3, -0.25) is 27.7 Å². The molecule has 0 radical (unpaired) electrons. The molecule has 36 heavy (non-hydrogen) atoms. The zero-order valence-corrected chi connectivity index (χ0v) is 19.1. The van der Waals surface area contributed by atoms with Gasteiger partial charge in [0.1, 0.15) is 9.79 Å². The van der Waals surface area contributed by atoms with Crippen molar-refractivity contribution in [3.63, 3.8) is 0 Å². The van der Waals surface area contributed by atoms with Crippen LogP contribution in [0.5, 0.6) is 0 Å². The van der Waals surface area contributed by atoms with Crippen LogP contribution in [0.3, 0.4) is 0 Å². The second-order valence-electron chi connectivity index (χ2n) is 7.11. The van der Waals surface area contributed by atoms with Crippen molar-refractivity contribution in [2.45, 2.75) is 9.79 Å². The van der Waals surface area contributed by atoms with E-state index < -0.39 is 64.5 Å². The lowest BCUT2D eigenvalue weighted by atomic mass is 10.4. The van der Waals surface area contributed by atoms with Gasteiger partial charge in [-0.05, 0) is 24.3 Å². The van der Waals surface area contributed by atoms with Gasteiger partial charge >= 0.3 is 42.5 Å². The first-order valence-electron chi connectivity index (χ1n) is 9.70. The van der Waals surface area contributed by atoms with E-state index in [1.54, 1.807) is 0 Å². The van der Waals surface area contributed by atoms with Crippen molar-refractivity contribution in [2.75, 3.05) is 0 Å². The minimum Gasteiger partial charge on any atom is -0.277 e. The van der Waals surface area contributed by atoms with Crippen molar-refractivity contribution < 1.29 is 25.4 Å². The molecule has 14 nitrogen and oxygen atoms in total. The van der Waals surface area contributed by atoms with E-state index in [0.29, 0.717) is 0 Å². The molecule has 0 aliphatic rings. The second-order valence-corrected chi connectivity index (χ2v) is 10.2. The molecule has 182 valence electrons. The summed E-state index contributed by atoms with van der Waals surface area (Å²) in [4.78, 5) is 57.3. The summed E-state index contributed by atoms with van der Waals surface area (Å²) in [6.45, 7) is 0. The maximum atomic E-state index is 12.7. The standard InChI is InChI=1S/C20H10N4O10S2/c25-17-13-14(18(26)23(17)33-35(29,30)11-7-3-1-4-8-11)22-16-15(21-13)19(27)24(20(16)28)34-36(31,32)12-9-5-2-6-10-12/h1-10H. The molecular weight excluding hydrogens is 520 g/mol. The molecule has 0 unspecified atom stereocenters. The molecule has 3 heterocycles. The maximum absolute atomic E-state index is 12.7. The fraction of sp³-hybridized carbons (Fsp3) is 0. The predicted octanol–water partition coefficient (Wildman–Crippen LogP) is -1.66. The lowest BCUT2D eigenvalue weighted by Crippen LogP contribution is -2.36. The van der Waals surface area contributed by atoms with Crippen molar-refractivity contribution in [1.82, 2.24) is 19.4 Å². The van der Waals surface area contributed by atoms with Gasteiger partial charge < -0.3 is 0 Å². The van der Waals surface area contributed by atoms with Gasteiger partial charge in [0.2, 0.25) is 0 Å². The number of fused-ring (bicyclic) bond motifs is 2. The van der Waals surface area contributed by atoms with Crippen LogP contribution < -0.4 is 30.8 Å². The van der Waals surface area contributed by atoms with E-state index in [4.69, 9.17) is 0 Å². The molecule has 2 aromatic carbocycles. The minimum atomic E-state index is -4.62. The highest BCUT2D eigenvalue weighted by Crippen LogP contribution is 2.11. The van der Waals surface area contributed by atoms with Crippen LogP contribution in [0.15, 0.2) is 89.6 Å². The predicted molar refractivity (Wildman–Crippen MR) is 121 cm³/mol. The Morgan fingerprint density at radius 1 is 0.500 bits per heavy atom. The summed E-state index contributed by atoms with van der Waals surface area (Å²) in [6, 6.07) is 13.2. The zero-order valence-electron chi connectivity index (χ0n) is 17.5. The molecule has 0 atom stereocenters. The largest absolute Gasteiger partial charge is 0.357 e. The van der Waals surface area contributed by atoms with E-state index in [1.807, 2.05) is 0 Å². The van der Waals surface area contributed by atoms with Crippen LogP contribution in [0.4, 0.5) is 0 Å². The molecule has 5 rings (SSSR count). The number of benzene rings is 2. The first-order valence-corrected chi connectivity index (χ1v) is 12.5. The first-order chi connectivity index (χ1) is 17.0. The van der Waals surface area contributed by atoms with Crippen LogP contribution in [0.2, 0.25) is 0 Å². The smallest absolute Gasteiger partial charge is 0.277 e. The maximum Gasteiger partial charge on any atom is 0.357 e. The molecule has 0 amide bonds. The van der Waals surface area contributed by atoms with E-state index in [2.05, 4.69) is 18.5 Å². The summed E-state index contributed by atoms with van der Waals surface area (Å²) < 4.78 is 58.8. The monoisotopic (exact) mass is 530 g/mol. The highest BCUT2D eigenvalue weighted by atomic mass is 32.2. The average molecular weight is 530 g/mol. The van der Waals surface area contributed by atoms with Crippen molar-refractivity contribution in [1.29, 1.82) is 0 Å². The van der Waals surface area contributed by atoms with Crippen LogP contribution in [-0.4, -0.2) is 36.3 Å². The van der Waals surface area contributed by atoms with Gasteiger partial charge in [0.05, 0.1) is 0 Å². The summed E-state index contributed by atoms with van der Waals surface area (Å²) in [5.74, 6) is 0. The van der Waals surface area contributed by atoms with Gasteiger partial charge in [-0.25, -0.2) is 9.97 Å². The van der Waals surface area contributed by atoms with Gasteiger partial charge in [0.25, 0.3) is 0 Å². The Balaban J connectivity index is 1.64. The van der Waals surface area contributed by atoms with Crippen LogP contribution in [0.1, 0.15) is 0 Å². The van der Waals surface area contributed by atoms with Crippen molar-refractivity contribution in [2.24, 2.45) is 0 Å². The summed E-state index contributed by atoms with van der Waals surface area (Å²) in [5.41, 5.74) is -8.62. The van der Waals surface area contributed by atoms with Gasteiger partial charge in [0.15, 0.2) is 22.1 Å². The van der Waals surface area contributed by atoms with Gasteiger partial charge in [-0.1, -0.05) is 45.9 Å². The highest BCUT2D eigenvalue weighted by molar-refractivity contribution is 7.87. The van der Waals surface area contributed by atoms with Crippen molar-refractivity contribution in [3.05, 3.63) is 102 Å². The molecule has 0 aliphatic carbocycles. The molecule has 16 heteroatoms. The number of hydrogen-bond donors (Lipinski definition) is 0. The number of nitrogens with zero attached hydrogens (tertiary/aromatic N) is 4. The van der Waals surface area contributed by atoms with E-state index in [9.17, 15) is 36.0 Å². The molecule has 0 saturated carbocycles. The molecule has 0 N–H and O–H groups in total. The van der Waals surface area contributed by atoms with Crippen LogP contribution in [0, 0.1) is 0 Å². The molecule has 0 bridgehead atoms. The first kappa shape index (κ1) is 23.1. The van der Waals surface area contributed by atoms with E-state index >= 15 is 0 Å². The Bertz CT molecular complexity index is 1870. The average Bonchev–Trinajstić information content (AvgIpc) is 3.23. The Morgan fingerprint density at radius 2 is 0.778 bits per heavy atom. The van der Waals surface area contributed by atoms with E-state index in [0.717, 1.165) is 24.3 Å². The molecule has 0 fully saturated rings. The Labute approximate surface area is 199 Å². The molecule has 0 spiro atoms. The van der Waals surface area contributed by atoms with E-state index in [-0.39, 0.29) is 19.3 Å². The van der Waals surface area contributed by atoms with Crippen molar-refractivity contribution in [3.8, 4) is 0 Å². The summed E-state index contributed by atoms with van der Waals surface area (Å²) in [6.07, 6.45) is 0. The molecule has 3 aromatic heterocycles. The summed E-state index contributed by atoms with van der Waals surface area (Å²) in [7, 11) is -9.23. The Kier molecular flexibility index (Phi) is 5.08. The summed E-state index contributed by atoms with van der Waals surface area (Å²) >= 11 is 0. The highest BCUT2D eigenvalue weighted by Gasteiger charge is 2.28. The second kappa shape index (κ2) is 7.92. The van der Waals surface area contributed by atoms with E-state index in [1.165, 1.54) is 36.4 Å². The van der Waals surface area contributed by atoms with Crippen molar-refractivity contribution >= 4 is 42.3 Å². The van der Waals surface area contributed by atoms with Gasteiger partial charge in [-0.15, -0.1) is 0 Å². The number of hydrogen-bond acceptors (Lipinski definition) is 12. The molecular formula is C20H10N4O10S2. The molecule has 5 aromatic rings. The van der Waals surface area contributed by atoms with Gasteiger partial charge in [-0.2, -0.15) is 16.8 Å². The van der Waals surface area contributed by atoms with Crippen LogP contribution in [-0.2, 0) is 20.2 Å².